The number of rotatable bonds is 3. The van der Waals surface area contributed by atoms with E-state index < -0.39 is 0 Å². The second-order valence-corrected chi connectivity index (χ2v) is 5.37. The van der Waals surface area contributed by atoms with E-state index in [9.17, 15) is 0 Å². The minimum Gasteiger partial charge on any atom is -0.311 e. The van der Waals surface area contributed by atoms with Crippen molar-refractivity contribution in [1.29, 1.82) is 0 Å². The molecule has 3 nitrogen and oxygen atoms in total. The van der Waals surface area contributed by atoms with Gasteiger partial charge in [0.1, 0.15) is 0 Å². The standard InChI is InChI=1S/C13H21N3/c1-14-13(11-7-8-16(2)15-11)12-9-5-3-4-6-10(9)12/h7-10,12-14H,3-6H2,1-2H3. The molecule has 1 N–H and O–H groups in total. The van der Waals surface area contributed by atoms with Crippen LogP contribution in [0, 0.1) is 17.8 Å². The number of hydrogen-bond donors (Lipinski definition) is 1. The molecular formula is C13H21N3. The third-order valence-electron chi connectivity index (χ3n) is 4.47. The lowest BCUT2D eigenvalue weighted by molar-refractivity contribution is 0.466. The molecule has 0 saturated heterocycles. The van der Waals surface area contributed by atoms with Crippen LogP contribution in [0.5, 0.6) is 0 Å². The van der Waals surface area contributed by atoms with Crippen molar-refractivity contribution < 1.29 is 0 Å². The Balaban J connectivity index is 1.77. The van der Waals surface area contributed by atoms with Crippen molar-refractivity contribution >= 4 is 0 Å². The molecular weight excluding hydrogens is 198 g/mol. The lowest BCUT2D eigenvalue weighted by Gasteiger charge is -2.13. The first-order valence-electron chi connectivity index (χ1n) is 6.48. The Labute approximate surface area is 97.2 Å². The van der Waals surface area contributed by atoms with Crippen molar-refractivity contribution in [2.24, 2.45) is 24.8 Å². The first-order valence-corrected chi connectivity index (χ1v) is 6.48. The summed E-state index contributed by atoms with van der Waals surface area (Å²) in [5.74, 6) is 2.81. The van der Waals surface area contributed by atoms with Crippen LogP contribution in [0.15, 0.2) is 12.3 Å². The minimum atomic E-state index is 0.481. The van der Waals surface area contributed by atoms with Gasteiger partial charge in [0.2, 0.25) is 0 Å². The van der Waals surface area contributed by atoms with Gasteiger partial charge in [0.25, 0.3) is 0 Å². The van der Waals surface area contributed by atoms with E-state index in [4.69, 9.17) is 0 Å². The molecule has 2 aliphatic carbocycles. The van der Waals surface area contributed by atoms with Gasteiger partial charge in [-0.1, -0.05) is 12.8 Å². The summed E-state index contributed by atoms with van der Waals surface area (Å²) in [7, 11) is 4.07. The molecule has 0 aliphatic heterocycles. The first-order chi connectivity index (χ1) is 7.81. The van der Waals surface area contributed by atoms with E-state index in [2.05, 4.69) is 23.5 Å². The average molecular weight is 219 g/mol. The van der Waals surface area contributed by atoms with Crippen molar-refractivity contribution in [3.8, 4) is 0 Å². The molecule has 1 aromatic rings. The number of nitrogens with zero attached hydrogens (tertiary/aromatic N) is 2. The molecule has 2 aliphatic rings. The van der Waals surface area contributed by atoms with Gasteiger partial charge in [-0.3, -0.25) is 4.68 Å². The van der Waals surface area contributed by atoms with Crippen LogP contribution in [0.4, 0.5) is 0 Å². The molecule has 3 atom stereocenters. The van der Waals surface area contributed by atoms with Crippen LogP contribution in [-0.2, 0) is 7.05 Å². The Morgan fingerprint density at radius 1 is 1.38 bits per heavy atom. The number of hydrogen-bond acceptors (Lipinski definition) is 2. The Kier molecular flexibility index (Phi) is 2.51. The summed E-state index contributed by atoms with van der Waals surface area (Å²) in [4.78, 5) is 0. The summed E-state index contributed by atoms with van der Waals surface area (Å²) in [6, 6.07) is 2.64. The Morgan fingerprint density at radius 2 is 2.06 bits per heavy atom. The fourth-order valence-electron chi connectivity index (χ4n) is 3.68. The monoisotopic (exact) mass is 219 g/mol. The maximum Gasteiger partial charge on any atom is 0.0796 e. The number of fused-ring (bicyclic) bond motifs is 1. The topological polar surface area (TPSA) is 29.9 Å². The zero-order chi connectivity index (χ0) is 11.1. The van der Waals surface area contributed by atoms with E-state index in [0.29, 0.717) is 6.04 Å². The molecule has 0 bridgehead atoms. The predicted octanol–water partition coefficient (Wildman–Crippen LogP) is 2.12. The molecule has 0 spiro atoms. The van der Waals surface area contributed by atoms with E-state index in [0.717, 1.165) is 17.8 Å². The molecule has 88 valence electrons. The molecule has 0 radical (unpaired) electrons. The fourth-order valence-corrected chi connectivity index (χ4v) is 3.68. The van der Waals surface area contributed by atoms with Crippen molar-refractivity contribution in [2.45, 2.75) is 31.7 Å². The molecule has 3 rings (SSSR count). The fraction of sp³-hybridized carbons (Fsp3) is 0.769. The van der Waals surface area contributed by atoms with Gasteiger partial charge in [-0.25, -0.2) is 0 Å². The highest BCUT2D eigenvalue weighted by atomic mass is 15.3. The Morgan fingerprint density at radius 3 is 2.56 bits per heavy atom. The van der Waals surface area contributed by atoms with Crippen LogP contribution in [0.25, 0.3) is 0 Å². The summed E-state index contributed by atoms with van der Waals surface area (Å²) >= 11 is 0. The summed E-state index contributed by atoms with van der Waals surface area (Å²) in [5, 5.41) is 8.03. The number of aromatic nitrogens is 2. The second-order valence-electron chi connectivity index (χ2n) is 5.37. The summed E-state index contributed by atoms with van der Waals surface area (Å²) in [5.41, 5.74) is 1.23. The third-order valence-corrected chi connectivity index (χ3v) is 4.47. The van der Waals surface area contributed by atoms with E-state index in [1.807, 2.05) is 17.9 Å². The van der Waals surface area contributed by atoms with Crippen LogP contribution in [0.3, 0.4) is 0 Å². The molecule has 16 heavy (non-hydrogen) atoms. The molecule has 2 fully saturated rings. The van der Waals surface area contributed by atoms with Gasteiger partial charge in [-0.05, 0) is 43.7 Å². The molecule has 2 saturated carbocycles. The highest BCUT2D eigenvalue weighted by molar-refractivity contribution is 5.15. The molecule has 3 heteroatoms. The molecule has 1 heterocycles. The highest BCUT2D eigenvalue weighted by Crippen LogP contribution is 2.60. The van der Waals surface area contributed by atoms with E-state index in [1.165, 1.54) is 31.4 Å². The molecule has 3 unspecified atom stereocenters. The SMILES string of the molecule is CNC(c1ccn(C)n1)C1C2CCCCC21. The van der Waals surface area contributed by atoms with Gasteiger partial charge in [0, 0.05) is 13.2 Å². The third kappa shape index (κ3) is 1.58. The van der Waals surface area contributed by atoms with Crippen LogP contribution in [-0.4, -0.2) is 16.8 Å². The second kappa shape index (κ2) is 3.88. The van der Waals surface area contributed by atoms with Gasteiger partial charge in [-0.15, -0.1) is 0 Å². The Hall–Kier alpha value is -0.830. The maximum absolute atomic E-state index is 4.56. The lowest BCUT2D eigenvalue weighted by Crippen LogP contribution is -2.20. The van der Waals surface area contributed by atoms with Crippen molar-refractivity contribution in [3.05, 3.63) is 18.0 Å². The zero-order valence-electron chi connectivity index (χ0n) is 10.2. The van der Waals surface area contributed by atoms with E-state index >= 15 is 0 Å². The van der Waals surface area contributed by atoms with Crippen LogP contribution < -0.4 is 5.32 Å². The van der Waals surface area contributed by atoms with E-state index in [-0.39, 0.29) is 0 Å². The lowest BCUT2D eigenvalue weighted by atomic mass is 10.0. The van der Waals surface area contributed by atoms with Crippen molar-refractivity contribution in [2.75, 3.05) is 7.05 Å². The molecule has 1 aromatic heterocycles. The quantitative estimate of drug-likeness (QED) is 0.844. The average Bonchev–Trinajstić information content (AvgIpc) is 2.86. The van der Waals surface area contributed by atoms with Crippen LogP contribution >= 0.6 is 0 Å². The normalized spacial score (nSPS) is 34.5. The summed E-state index contributed by atoms with van der Waals surface area (Å²) < 4.78 is 1.91. The number of nitrogens with one attached hydrogen (secondary N) is 1. The van der Waals surface area contributed by atoms with Crippen LogP contribution in [0.1, 0.15) is 37.4 Å². The van der Waals surface area contributed by atoms with Gasteiger partial charge >= 0.3 is 0 Å². The maximum atomic E-state index is 4.56. The number of aryl methyl sites for hydroxylation is 1. The predicted molar refractivity (Wildman–Crippen MR) is 63.9 cm³/mol. The van der Waals surface area contributed by atoms with Gasteiger partial charge in [-0.2, -0.15) is 5.10 Å². The molecule has 0 aromatic carbocycles. The summed E-state index contributed by atoms with van der Waals surface area (Å²) in [6.45, 7) is 0. The van der Waals surface area contributed by atoms with Crippen LogP contribution in [0.2, 0.25) is 0 Å². The molecule has 0 amide bonds. The smallest absolute Gasteiger partial charge is 0.0796 e. The highest BCUT2D eigenvalue weighted by Gasteiger charge is 2.54. The largest absolute Gasteiger partial charge is 0.311 e. The summed E-state index contributed by atoms with van der Waals surface area (Å²) in [6.07, 6.45) is 7.82. The first kappa shape index (κ1) is 10.3. The van der Waals surface area contributed by atoms with Gasteiger partial charge < -0.3 is 5.32 Å². The van der Waals surface area contributed by atoms with Gasteiger partial charge in [0.15, 0.2) is 0 Å². The van der Waals surface area contributed by atoms with E-state index in [1.54, 1.807) is 0 Å². The Bertz CT molecular complexity index is 359. The van der Waals surface area contributed by atoms with Gasteiger partial charge in [0.05, 0.1) is 11.7 Å². The van der Waals surface area contributed by atoms with Crippen molar-refractivity contribution in [1.82, 2.24) is 15.1 Å². The minimum absolute atomic E-state index is 0.481. The zero-order valence-corrected chi connectivity index (χ0v) is 10.2. The van der Waals surface area contributed by atoms with Crippen molar-refractivity contribution in [3.63, 3.8) is 0 Å².